The van der Waals surface area contributed by atoms with Crippen molar-refractivity contribution in [2.24, 2.45) is 0 Å². The molecule has 0 saturated heterocycles. The van der Waals surface area contributed by atoms with E-state index in [2.05, 4.69) is 5.32 Å². The highest BCUT2D eigenvalue weighted by molar-refractivity contribution is 7.84. The summed E-state index contributed by atoms with van der Waals surface area (Å²) in [5, 5.41) is 3.08. The van der Waals surface area contributed by atoms with Crippen LogP contribution < -0.4 is 10.1 Å². The Morgan fingerprint density at radius 2 is 1.90 bits per heavy atom. The van der Waals surface area contributed by atoms with Crippen LogP contribution in [0, 0.1) is 5.82 Å². The molecular formula is C16H18FNO2S. The van der Waals surface area contributed by atoms with Crippen LogP contribution in [-0.2, 0) is 23.1 Å². The molecule has 0 saturated carbocycles. The van der Waals surface area contributed by atoms with E-state index in [-0.39, 0.29) is 5.82 Å². The van der Waals surface area contributed by atoms with Crippen molar-refractivity contribution in [1.82, 2.24) is 5.32 Å². The number of nitrogens with one attached hydrogen (secondary N) is 1. The van der Waals surface area contributed by atoms with Crippen LogP contribution in [0.1, 0.15) is 11.1 Å². The molecule has 5 heteroatoms. The number of methoxy groups -OCH3 is 1. The molecule has 2 aromatic rings. The summed E-state index contributed by atoms with van der Waals surface area (Å²) in [4.78, 5) is 0.609. The monoisotopic (exact) mass is 307 g/mol. The Balaban J connectivity index is 2.22. The van der Waals surface area contributed by atoms with Crippen molar-refractivity contribution in [2.75, 3.05) is 14.2 Å². The highest BCUT2D eigenvalue weighted by atomic mass is 32.2. The van der Waals surface area contributed by atoms with Gasteiger partial charge in [0, 0.05) is 17.0 Å². The second kappa shape index (κ2) is 7.33. The van der Waals surface area contributed by atoms with Gasteiger partial charge < -0.3 is 10.1 Å². The van der Waals surface area contributed by atoms with Gasteiger partial charge in [0.15, 0.2) is 0 Å². The molecule has 1 unspecified atom stereocenters. The van der Waals surface area contributed by atoms with Gasteiger partial charge in [0.25, 0.3) is 0 Å². The zero-order chi connectivity index (χ0) is 15.2. The fraction of sp³-hybridized carbons (Fsp3) is 0.250. The molecule has 0 aliphatic carbocycles. The van der Waals surface area contributed by atoms with E-state index in [1.807, 2.05) is 25.2 Å². The second-order valence-corrected chi connectivity index (χ2v) is 6.07. The molecular weight excluding hydrogens is 289 g/mol. The van der Waals surface area contributed by atoms with E-state index in [0.717, 1.165) is 17.7 Å². The lowest BCUT2D eigenvalue weighted by Gasteiger charge is -2.11. The van der Waals surface area contributed by atoms with Gasteiger partial charge in [0.05, 0.1) is 23.7 Å². The zero-order valence-electron chi connectivity index (χ0n) is 12.1. The Morgan fingerprint density at radius 1 is 1.19 bits per heavy atom. The maximum atomic E-state index is 12.9. The third-order valence-electron chi connectivity index (χ3n) is 3.09. The van der Waals surface area contributed by atoms with Crippen molar-refractivity contribution in [1.29, 1.82) is 0 Å². The third kappa shape index (κ3) is 4.12. The van der Waals surface area contributed by atoms with Gasteiger partial charge in [-0.3, -0.25) is 4.21 Å². The van der Waals surface area contributed by atoms with Gasteiger partial charge in [0.2, 0.25) is 0 Å². The van der Waals surface area contributed by atoms with Gasteiger partial charge in [-0.15, -0.1) is 0 Å². The molecule has 0 bridgehead atoms. The Kier molecular flexibility index (Phi) is 5.47. The quantitative estimate of drug-likeness (QED) is 0.892. The summed E-state index contributed by atoms with van der Waals surface area (Å²) in [6.45, 7) is 0.736. The predicted octanol–water partition coefficient (Wildman–Crippen LogP) is 2.86. The van der Waals surface area contributed by atoms with Crippen molar-refractivity contribution in [2.45, 2.75) is 17.2 Å². The molecule has 3 nitrogen and oxygen atoms in total. The molecule has 0 aromatic heterocycles. The molecule has 2 aromatic carbocycles. The number of halogens is 1. The molecule has 0 fully saturated rings. The Morgan fingerprint density at radius 3 is 2.52 bits per heavy atom. The summed E-state index contributed by atoms with van der Waals surface area (Å²) >= 11 is 0. The van der Waals surface area contributed by atoms with Crippen LogP contribution >= 0.6 is 0 Å². The largest absolute Gasteiger partial charge is 0.496 e. The van der Waals surface area contributed by atoms with Crippen LogP contribution in [0.2, 0.25) is 0 Å². The lowest BCUT2D eigenvalue weighted by atomic mass is 10.1. The topological polar surface area (TPSA) is 38.3 Å². The lowest BCUT2D eigenvalue weighted by Crippen LogP contribution is -2.06. The first-order valence-electron chi connectivity index (χ1n) is 6.58. The number of benzene rings is 2. The van der Waals surface area contributed by atoms with Crippen molar-refractivity contribution >= 4 is 10.8 Å². The summed E-state index contributed by atoms with van der Waals surface area (Å²) in [5.74, 6) is 0.724. The fourth-order valence-electron chi connectivity index (χ4n) is 2.07. The van der Waals surface area contributed by atoms with Crippen molar-refractivity contribution < 1.29 is 13.3 Å². The highest BCUT2D eigenvalue weighted by Crippen LogP contribution is 2.23. The van der Waals surface area contributed by atoms with Crippen LogP contribution in [0.25, 0.3) is 0 Å². The summed E-state index contributed by atoms with van der Waals surface area (Å²) in [5.41, 5.74) is 1.98. The number of rotatable bonds is 6. The molecule has 0 spiro atoms. The van der Waals surface area contributed by atoms with Gasteiger partial charge in [-0.1, -0.05) is 6.07 Å². The van der Waals surface area contributed by atoms with E-state index in [1.165, 1.54) is 12.1 Å². The lowest BCUT2D eigenvalue weighted by molar-refractivity contribution is 0.411. The molecule has 0 amide bonds. The molecule has 1 N–H and O–H groups in total. The van der Waals surface area contributed by atoms with E-state index in [9.17, 15) is 8.60 Å². The van der Waals surface area contributed by atoms with E-state index in [0.29, 0.717) is 16.4 Å². The van der Waals surface area contributed by atoms with Crippen molar-refractivity contribution in [3.05, 3.63) is 59.4 Å². The molecule has 0 heterocycles. The standard InChI is InChI=1S/C16H18FNO2S/c1-18-10-12-3-8-16(20-2)13(9-12)11-21(19)15-6-4-14(17)5-7-15/h3-9,18H,10-11H2,1-2H3. The second-order valence-electron chi connectivity index (χ2n) is 4.62. The first-order chi connectivity index (χ1) is 10.1. The molecule has 112 valence electrons. The van der Waals surface area contributed by atoms with Gasteiger partial charge in [-0.2, -0.15) is 0 Å². The fourth-order valence-corrected chi connectivity index (χ4v) is 3.18. The van der Waals surface area contributed by atoms with Crippen LogP contribution in [-0.4, -0.2) is 18.4 Å². The van der Waals surface area contributed by atoms with Gasteiger partial charge in [0.1, 0.15) is 11.6 Å². The van der Waals surface area contributed by atoms with Crippen LogP contribution in [0.3, 0.4) is 0 Å². The maximum absolute atomic E-state index is 12.9. The summed E-state index contributed by atoms with van der Waals surface area (Å²) in [7, 11) is 2.24. The molecule has 2 rings (SSSR count). The van der Waals surface area contributed by atoms with E-state index in [1.54, 1.807) is 19.2 Å². The Labute approximate surface area is 126 Å². The Bertz CT molecular complexity index is 629. The smallest absolute Gasteiger partial charge is 0.123 e. The number of ether oxygens (including phenoxy) is 1. The minimum atomic E-state index is -1.23. The molecule has 0 radical (unpaired) electrons. The molecule has 0 aliphatic rings. The van der Waals surface area contributed by atoms with Gasteiger partial charge >= 0.3 is 0 Å². The van der Waals surface area contributed by atoms with E-state index in [4.69, 9.17) is 4.74 Å². The SMILES string of the molecule is CNCc1ccc(OC)c(CS(=O)c2ccc(F)cc2)c1. The number of hydrogen-bond donors (Lipinski definition) is 1. The van der Waals surface area contributed by atoms with Crippen LogP contribution in [0.15, 0.2) is 47.4 Å². The summed E-state index contributed by atoms with van der Waals surface area (Å²) < 4.78 is 30.6. The minimum absolute atomic E-state index is 0.329. The van der Waals surface area contributed by atoms with E-state index < -0.39 is 10.8 Å². The minimum Gasteiger partial charge on any atom is -0.496 e. The average Bonchev–Trinajstić information content (AvgIpc) is 2.48. The highest BCUT2D eigenvalue weighted by Gasteiger charge is 2.10. The first-order valence-corrected chi connectivity index (χ1v) is 7.90. The average molecular weight is 307 g/mol. The summed E-state index contributed by atoms with van der Waals surface area (Å²) in [6, 6.07) is 11.6. The van der Waals surface area contributed by atoms with Gasteiger partial charge in [-0.05, 0) is 49.0 Å². The number of hydrogen-bond acceptors (Lipinski definition) is 3. The third-order valence-corrected chi connectivity index (χ3v) is 4.46. The van der Waals surface area contributed by atoms with E-state index >= 15 is 0 Å². The van der Waals surface area contributed by atoms with Crippen LogP contribution in [0.4, 0.5) is 4.39 Å². The normalized spacial score (nSPS) is 12.1. The van der Waals surface area contributed by atoms with Crippen LogP contribution in [0.5, 0.6) is 5.75 Å². The predicted molar refractivity (Wildman–Crippen MR) is 82.3 cm³/mol. The molecule has 0 aliphatic heterocycles. The summed E-state index contributed by atoms with van der Waals surface area (Å²) in [6.07, 6.45) is 0. The Hall–Kier alpha value is -1.72. The van der Waals surface area contributed by atoms with Crippen molar-refractivity contribution in [3.8, 4) is 5.75 Å². The first kappa shape index (κ1) is 15.7. The van der Waals surface area contributed by atoms with Crippen molar-refractivity contribution in [3.63, 3.8) is 0 Å². The van der Waals surface area contributed by atoms with Gasteiger partial charge in [-0.25, -0.2) is 4.39 Å². The zero-order valence-corrected chi connectivity index (χ0v) is 12.9. The molecule has 1 atom stereocenters. The maximum Gasteiger partial charge on any atom is 0.123 e. The molecule has 21 heavy (non-hydrogen) atoms.